The molecule has 0 spiro atoms. The number of para-hydroxylation sites is 1. The molecule has 0 saturated heterocycles. The summed E-state index contributed by atoms with van der Waals surface area (Å²) < 4.78 is 40.2. The maximum Gasteiger partial charge on any atom is 0.264 e. The number of methoxy groups -OCH3 is 1. The number of amides is 1. The molecule has 7 nitrogen and oxygen atoms in total. The van der Waals surface area contributed by atoms with Gasteiger partial charge >= 0.3 is 0 Å². The number of nitrogens with zero attached hydrogens (tertiary/aromatic N) is 1. The summed E-state index contributed by atoms with van der Waals surface area (Å²) in [5, 5.41) is 3.10. The predicted molar refractivity (Wildman–Crippen MR) is 145 cm³/mol. The molecule has 0 bridgehead atoms. The number of carbonyl (C=O) groups excluding carboxylic acids is 1. The van der Waals surface area contributed by atoms with Crippen molar-refractivity contribution in [3.63, 3.8) is 0 Å². The molecule has 0 unspecified atom stereocenters. The summed E-state index contributed by atoms with van der Waals surface area (Å²) in [4.78, 5) is 13.6. The van der Waals surface area contributed by atoms with E-state index in [9.17, 15) is 13.2 Å². The molecule has 0 radical (unpaired) electrons. The van der Waals surface area contributed by atoms with E-state index in [0.29, 0.717) is 17.9 Å². The van der Waals surface area contributed by atoms with Crippen molar-refractivity contribution in [1.29, 1.82) is 0 Å². The molecule has 1 aliphatic heterocycles. The third-order valence-corrected chi connectivity index (χ3v) is 8.87. The Morgan fingerprint density at radius 3 is 2.30 bits per heavy atom. The lowest BCUT2D eigenvalue weighted by atomic mass is 9.83. The molecule has 0 aliphatic carbocycles. The lowest BCUT2D eigenvalue weighted by Crippen LogP contribution is -2.47. The normalized spacial score (nSPS) is 16.3. The van der Waals surface area contributed by atoms with E-state index in [1.54, 1.807) is 55.6 Å². The quantitative estimate of drug-likeness (QED) is 0.407. The molecule has 4 rings (SSSR count). The average molecular weight is 523 g/mol. The van der Waals surface area contributed by atoms with E-state index in [1.165, 1.54) is 0 Å². The summed E-state index contributed by atoms with van der Waals surface area (Å²) in [6, 6.07) is 20.6. The number of fused-ring (bicyclic) bond motifs is 1. The Kier molecular flexibility index (Phi) is 7.78. The van der Waals surface area contributed by atoms with Gasteiger partial charge in [0.05, 0.1) is 23.7 Å². The number of hydrogen-bond donors (Lipinski definition) is 1. The van der Waals surface area contributed by atoms with Gasteiger partial charge in [-0.1, -0.05) is 49.7 Å². The van der Waals surface area contributed by atoms with Gasteiger partial charge in [0, 0.05) is 12.0 Å². The number of rotatable bonds is 9. The molecule has 1 heterocycles. The summed E-state index contributed by atoms with van der Waals surface area (Å²) in [5.41, 5.74) is 1.82. The standard InChI is InChI=1S/C29H34N2O5S/c1-5-29(6-2)19-26(25-9-7-8-10-27(25)36-29)30-28(32)20-31(22-13-15-23(35-4)16-14-22)37(33,34)24-17-11-21(3)12-18-24/h7-18,26H,5-6,19-20H2,1-4H3,(H,30,32)/t26-/m1/s1. The number of carbonyl (C=O) groups is 1. The van der Waals surface area contributed by atoms with Crippen molar-refractivity contribution < 1.29 is 22.7 Å². The minimum absolute atomic E-state index is 0.120. The van der Waals surface area contributed by atoms with Crippen LogP contribution in [-0.4, -0.2) is 33.6 Å². The lowest BCUT2D eigenvalue weighted by molar-refractivity contribution is -0.121. The first-order valence-electron chi connectivity index (χ1n) is 12.5. The second-order valence-electron chi connectivity index (χ2n) is 9.38. The smallest absolute Gasteiger partial charge is 0.264 e. The molecule has 8 heteroatoms. The Morgan fingerprint density at radius 1 is 1.03 bits per heavy atom. The highest BCUT2D eigenvalue weighted by molar-refractivity contribution is 7.92. The van der Waals surface area contributed by atoms with E-state index in [0.717, 1.165) is 34.0 Å². The summed E-state index contributed by atoms with van der Waals surface area (Å²) in [7, 11) is -2.47. The fraction of sp³-hybridized carbons (Fsp3) is 0.345. The second-order valence-corrected chi connectivity index (χ2v) is 11.2. The number of sulfonamides is 1. The number of hydrogen-bond acceptors (Lipinski definition) is 5. The molecule has 196 valence electrons. The first kappa shape index (κ1) is 26.5. The Hall–Kier alpha value is -3.52. The lowest BCUT2D eigenvalue weighted by Gasteiger charge is -2.41. The molecular formula is C29H34N2O5S. The number of ether oxygens (including phenoxy) is 2. The fourth-order valence-corrected chi connectivity index (χ4v) is 6.12. The highest BCUT2D eigenvalue weighted by Gasteiger charge is 2.39. The molecule has 0 aromatic heterocycles. The highest BCUT2D eigenvalue weighted by atomic mass is 32.2. The van der Waals surface area contributed by atoms with Crippen LogP contribution in [0.3, 0.4) is 0 Å². The van der Waals surface area contributed by atoms with Crippen molar-refractivity contribution in [2.24, 2.45) is 0 Å². The Morgan fingerprint density at radius 2 is 1.68 bits per heavy atom. The van der Waals surface area contributed by atoms with Gasteiger partial charge in [-0.25, -0.2) is 8.42 Å². The third-order valence-electron chi connectivity index (χ3n) is 7.08. The molecule has 0 saturated carbocycles. The Labute approximate surface area is 219 Å². The number of benzene rings is 3. The van der Waals surface area contributed by atoms with Gasteiger partial charge in [-0.05, 0) is 62.2 Å². The minimum atomic E-state index is -4.01. The third kappa shape index (κ3) is 5.59. The molecule has 1 amide bonds. The van der Waals surface area contributed by atoms with Crippen molar-refractivity contribution in [3.8, 4) is 11.5 Å². The summed E-state index contributed by atoms with van der Waals surface area (Å²) in [6.45, 7) is 5.68. The van der Waals surface area contributed by atoms with Gasteiger partial charge in [-0.15, -0.1) is 0 Å². The van der Waals surface area contributed by atoms with Crippen LogP contribution in [0.5, 0.6) is 11.5 Å². The van der Waals surface area contributed by atoms with Crippen LogP contribution >= 0.6 is 0 Å². The maximum absolute atomic E-state index is 13.7. The fourth-order valence-electron chi connectivity index (χ4n) is 4.70. The van der Waals surface area contributed by atoms with E-state index < -0.39 is 21.5 Å². The van der Waals surface area contributed by atoms with Crippen LogP contribution in [0.1, 0.15) is 50.3 Å². The Balaban J connectivity index is 1.65. The molecule has 1 aliphatic rings. The zero-order valence-electron chi connectivity index (χ0n) is 21.7. The number of anilines is 1. The van der Waals surface area contributed by atoms with E-state index >= 15 is 0 Å². The molecule has 1 atom stereocenters. The Bertz CT molecular complexity index is 1330. The number of nitrogens with one attached hydrogen (secondary N) is 1. The first-order valence-corrected chi connectivity index (χ1v) is 14.0. The molecular weight excluding hydrogens is 488 g/mol. The molecule has 3 aromatic carbocycles. The van der Waals surface area contributed by atoms with Crippen LogP contribution < -0.4 is 19.1 Å². The van der Waals surface area contributed by atoms with Gasteiger partial charge in [-0.3, -0.25) is 9.10 Å². The summed E-state index contributed by atoms with van der Waals surface area (Å²) >= 11 is 0. The van der Waals surface area contributed by atoms with Gasteiger partial charge < -0.3 is 14.8 Å². The second kappa shape index (κ2) is 10.8. The van der Waals surface area contributed by atoms with Gasteiger partial charge in [0.2, 0.25) is 5.91 Å². The highest BCUT2D eigenvalue weighted by Crippen LogP contribution is 2.42. The van der Waals surface area contributed by atoms with Crippen molar-refractivity contribution in [2.75, 3.05) is 18.0 Å². The molecule has 0 fully saturated rings. The SMILES string of the molecule is CCC1(CC)C[C@@H](NC(=O)CN(c2ccc(OC)cc2)S(=O)(=O)c2ccc(C)cc2)c2ccccc2O1. The first-order chi connectivity index (χ1) is 17.7. The predicted octanol–water partition coefficient (Wildman–Crippen LogP) is 5.40. The van der Waals surface area contributed by atoms with E-state index in [4.69, 9.17) is 9.47 Å². The van der Waals surface area contributed by atoms with Gasteiger partial charge in [0.25, 0.3) is 10.0 Å². The molecule has 3 aromatic rings. The van der Waals surface area contributed by atoms with E-state index in [-0.39, 0.29) is 17.5 Å². The largest absolute Gasteiger partial charge is 0.497 e. The van der Waals surface area contributed by atoms with Crippen molar-refractivity contribution in [3.05, 3.63) is 83.9 Å². The molecule has 37 heavy (non-hydrogen) atoms. The van der Waals surface area contributed by atoms with Crippen LogP contribution in [0, 0.1) is 6.92 Å². The average Bonchev–Trinajstić information content (AvgIpc) is 2.92. The van der Waals surface area contributed by atoms with Crippen molar-refractivity contribution in [1.82, 2.24) is 5.32 Å². The maximum atomic E-state index is 13.7. The van der Waals surface area contributed by atoms with Crippen LogP contribution in [0.15, 0.2) is 77.7 Å². The van der Waals surface area contributed by atoms with E-state index in [2.05, 4.69) is 19.2 Å². The van der Waals surface area contributed by atoms with Crippen molar-refractivity contribution in [2.45, 2.75) is 56.6 Å². The summed E-state index contributed by atoms with van der Waals surface area (Å²) in [5.74, 6) is 0.950. The molecule has 1 N–H and O–H groups in total. The number of aryl methyl sites for hydroxylation is 1. The van der Waals surface area contributed by atoms with Gasteiger partial charge in [0.1, 0.15) is 23.6 Å². The van der Waals surface area contributed by atoms with E-state index in [1.807, 2.05) is 31.2 Å². The van der Waals surface area contributed by atoms with Crippen LogP contribution in [0.2, 0.25) is 0 Å². The minimum Gasteiger partial charge on any atom is -0.497 e. The van der Waals surface area contributed by atoms with Gasteiger partial charge in [0.15, 0.2) is 0 Å². The van der Waals surface area contributed by atoms with Crippen LogP contribution in [0.25, 0.3) is 0 Å². The van der Waals surface area contributed by atoms with Gasteiger partial charge in [-0.2, -0.15) is 0 Å². The monoisotopic (exact) mass is 522 g/mol. The van der Waals surface area contributed by atoms with Crippen LogP contribution in [0.4, 0.5) is 5.69 Å². The zero-order valence-corrected chi connectivity index (χ0v) is 22.5. The van der Waals surface area contributed by atoms with Crippen molar-refractivity contribution >= 4 is 21.6 Å². The zero-order chi connectivity index (χ0) is 26.6. The topological polar surface area (TPSA) is 84.9 Å². The van der Waals surface area contributed by atoms with Crippen LogP contribution in [-0.2, 0) is 14.8 Å². The summed E-state index contributed by atoms with van der Waals surface area (Å²) in [6.07, 6.45) is 2.20.